The molecule has 154 valence electrons. The molecule has 28 heavy (non-hydrogen) atoms. The van der Waals surface area contributed by atoms with Crippen LogP contribution in [0.5, 0.6) is 0 Å². The Morgan fingerprint density at radius 3 is 2.50 bits per heavy atom. The Morgan fingerprint density at radius 1 is 1.25 bits per heavy atom. The van der Waals surface area contributed by atoms with E-state index in [0.717, 1.165) is 45.9 Å². The minimum atomic E-state index is -0.532. The lowest BCUT2D eigenvalue weighted by Crippen LogP contribution is -2.37. The molecule has 0 bridgehead atoms. The van der Waals surface area contributed by atoms with Crippen molar-refractivity contribution < 1.29 is 19.0 Å². The summed E-state index contributed by atoms with van der Waals surface area (Å²) < 4.78 is 18.5. The fourth-order valence-electron chi connectivity index (χ4n) is 4.23. The van der Waals surface area contributed by atoms with E-state index in [1.54, 1.807) is 0 Å². The lowest BCUT2D eigenvalue weighted by Gasteiger charge is -2.36. The van der Waals surface area contributed by atoms with Gasteiger partial charge in [0.15, 0.2) is 5.79 Å². The lowest BCUT2D eigenvalue weighted by atomic mass is 9.81. The zero-order valence-electron chi connectivity index (χ0n) is 16.5. The van der Waals surface area contributed by atoms with Crippen molar-refractivity contribution >= 4 is 43.5 Å². The van der Waals surface area contributed by atoms with Gasteiger partial charge in [0.25, 0.3) is 0 Å². The highest BCUT2D eigenvalue weighted by Gasteiger charge is 2.41. The molecule has 7 heteroatoms. The van der Waals surface area contributed by atoms with E-state index in [2.05, 4.69) is 38.8 Å². The summed E-state index contributed by atoms with van der Waals surface area (Å²) in [6.45, 7) is 5.44. The maximum atomic E-state index is 12.6. The second kappa shape index (κ2) is 9.37. The molecule has 3 rings (SSSR count). The summed E-state index contributed by atoms with van der Waals surface area (Å²) in [5.74, 6) is -0.735. The van der Waals surface area contributed by atoms with Crippen molar-refractivity contribution in [2.24, 2.45) is 10.9 Å². The highest BCUT2D eigenvalue weighted by Crippen LogP contribution is 2.40. The van der Waals surface area contributed by atoms with Gasteiger partial charge in [-0.2, -0.15) is 0 Å². The number of benzene rings is 1. The molecule has 2 aliphatic rings. The second-order valence-electron chi connectivity index (χ2n) is 7.58. The Labute approximate surface area is 183 Å². The van der Waals surface area contributed by atoms with Crippen LogP contribution in [0.3, 0.4) is 0 Å². The number of hydrogen-bond acceptors (Lipinski definition) is 5. The van der Waals surface area contributed by atoms with Crippen LogP contribution in [0.4, 0.5) is 0 Å². The molecule has 0 amide bonds. The van der Waals surface area contributed by atoms with Crippen LogP contribution in [-0.4, -0.2) is 43.8 Å². The topological polar surface area (TPSA) is 57.1 Å². The smallest absolute Gasteiger partial charge is 0.318 e. The molecule has 1 unspecified atom stereocenters. The molecule has 1 saturated heterocycles. The van der Waals surface area contributed by atoms with Gasteiger partial charge in [-0.25, -0.2) is 0 Å². The Kier molecular flexibility index (Phi) is 7.34. The Bertz CT molecular complexity index is 736. The van der Waals surface area contributed by atoms with Crippen LogP contribution in [0.1, 0.15) is 51.0 Å². The Balaban J connectivity index is 1.76. The molecular formula is C21H27Br2NO4. The largest absolute Gasteiger partial charge is 0.468 e. The van der Waals surface area contributed by atoms with Gasteiger partial charge in [-0.05, 0) is 56.4 Å². The third-order valence-corrected chi connectivity index (χ3v) is 7.03. The first-order chi connectivity index (χ1) is 13.3. The van der Waals surface area contributed by atoms with Crippen molar-refractivity contribution in [1.29, 1.82) is 0 Å². The molecule has 0 N–H and O–H groups in total. The molecular weight excluding hydrogens is 490 g/mol. The summed E-state index contributed by atoms with van der Waals surface area (Å²) >= 11 is 7.05. The summed E-state index contributed by atoms with van der Waals surface area (Å²) in [5.41, 5.74) is 1.62. The van der Waals surface area contributed by atoms with E-state index < -0.39 is 5.92 Å². The molecule has 1 aliphatic heterocycles. The van der Waals surface area contributed by atoms with Gasteiger partial charge in [-0.15, -0.1) is 0 Å². The number of hydrogen-bond donors (Lipinski definition) is 0. The molecule has 0 aromatic heterocycles. The van der Waals surface area contributed by atoms with Crippen LogP contribution in [0, 0.1) is 5.92 Å². The first kappa shape index (κ1) is 21.9. The van der Waals surface area contributed by atoms with Crippen LogP contribution in [0.2, 0.25) is 0 Å². The normalized spacial score (nSPS) is 22.2. The third-order valence-electron chi connectivity index (χ3n) is 5.82. The SMILES string of the molecule is COC(=O)C(C(C)=N[C@H](C)C1CCC2(CC1)OCCO2)c1cc(Br)ccc1Br. The average Bonchev–Trinajstić information content (AvgIpc) is 3.13. The van der Waals surface area contributed by atoms with Gasteiger partial charge < -0.3 is 14.2 Å². The summed E-state index contributed by atoms with van der Waals surface area (Å²) in [6.07, 6.45) is 3.85. The molecule has 2 fully saturated rings. The molecule has 2 atom stereocenters. The number of carbonyl (C=O) groups is 1. The lowest BCUT2D eigenvalue weighted by molar-refractivity contribution is -0.183. The molecule has 1 saturated carbocycles. The average molecular weight is 517 g/mol. The van der Waals surface area contributed by atoms with Gasteiger partial charge in [0.05, 0.1) is 20.3 Å². The quantitative estimate of drug-likeness (QED) is 0.396. The maximum absolute atomic E-state index is 12.6. The van der Waals surface area contributed by atoms with Crippen molar-refractivity contribution in [2.45, 2.75) is 57.3 Å². The fraction of sp³-hybridized carbons (Fsp3) is 0.619. The van der Waals surface area contributed by atoms with Crippen molar-refractivity contribution in [3.8, 4) is 0 Å². The Morgan fingerprint density at radius 2 is 1.89 bits per heavy atom. The number of halogens is 2. The van der Waals surface area contributed by atoms with Gasteiger partial charge in [0.2, 0.25) is 0 Å². The van der Waals surface area contributed by atoms with Gasteiger partial charge >= 0.3 is 5.97 Å². The van der Waals surface area contributed by atoms with Crippen molar-refractivity contribution in [2.75, 3.05) is 20.3 Å². The summed E-state index contributed by atoms with van der Waals surface area (Å²) in [4.78, 5) is 17.5. The van der Waals surface area contributed by atoms with E-state index >= 15 is 0 Å². The van der Waals surface area contributed by atoms with Crippen molar-refractivity contribution in [3.05, 3.63) is 32.7 Å². The summed E-state index contributed by atoms with van der Waals surface area (Å²) in [7, 11) is 1.42. The first-order valence-electron chi connectivity index (χ1n) is 9.70. The molecule has 1 heterocycles. The van der Waals surface area contributed by atoms with Crippen LogP contribution < -0.4 is 0 Å². The molecule has 1 spiro atoms. The third kappa shape index (κ3) is 4.86. The molecule has 0 radical (unpaired) electrons. The number of aliphatic imine (C=N–C) groups is 1. The van der Waals surface area contributed by atoms with Crippen molar-refractivity contribution in [1.82, 2.24) is 0 Å². The number of ether oxygens (including phenoxy) is 3. The van der Waals surface area contributed by atoms with Crippen LogP contribution in [0.15, 0.2) is 32.1 Å². The highest BCUT2D eigenvalue weighted by atomic mass is 79.9. The Hall–Kier alpha value is -0.760. The van der Waals surface area contributed by atoms with E-state index in [1.807, 2.05) is 25.1 Å². The van der Waals surface area contributed by atoms with E-state index in [0.29, 0.717) is 19.1 Å². The summed E-state index contributed by atoms with van der Waals surface area (Å²) in [6, 6.07) is 5.92. The minimum absolute atomic E-state index is 0.122. The fourth-order valence-corrected chi connectivity index (χ4v) is 5.08. The number of carbonyl (C=O) groups excluding carboxylic acids is 1. The number of esters is 1. The van der Waals surface area contributed by atoms with Gasteiger partial charge in [-0.1, -0.05) is 31.9 Å². The molecule has 1 aromatic rings. The predicted octanol–water partition coefficient (Wildman–Crippen LogP) is 5.25. The van der Waals surface area contributed by atoms with Crippen LogP contribution >= 0.6 is 31.9 Å². The number of methoxy groups -OCH3 is 1. The zero-order valence-corrected chi connectivity index (χ0v) is 19.7. The van der Waals surface area contributed by atoms with E-state index in [9.17, 15) is 4.79 Å². The molecule has 1 aromatic carbocycles. The highest BCUT2D eigenvalue weighted by molar-refractivity contribution is 9.11. The minimum Gasteiger partial charge on any atom is -0.468 e. The van der Waals surface area contributed by atoms with Gasteiger partial charge in [-0.3, -0.25) is 9.79 Å². The van der Waals surface area contributed by atoms with Gasteiger partial charge in [0.1, 0.15) is 5.92 Å². The maximum Gasteiger partial charge on any atom is 0.318 e. The second-order valence-corrected chi connectivity index (χ2v) is 9.35. The summed E-state index contributed by atoms with van der Waals surface area (Å²) in [5, 5.41) is 0. The van der Waals surface area contributed by atoms with Crippen LogP contribution in [0.25, 0.3) is 0 Å². The number of rotatable bonds is 5. The van der Waals surface area contributed by atoms with E-state index in [4.69, 9.17) is 19.2 Å². The van der Waals surface area contributed by atoms with Crippen molar-refractivity contribution in [3.63, 3.8) is 0 Å². The van der Waals surface area contributed by atoms with E-state index in [-0.39, 0.29) is 17.8 Å². The first-order valence-corrected chi connectivity index (χ1v) is 11.3. The number of nitrogens with zero attached hydrogens (tertiary/aromatic N) is 1. The van der Waals surface area contributed by atoms with Crippen LogP contribution in [-0.2, 0) is 19.0 Å². The van der Waals surface area contributed by atoms with E-state index in [1.165, 1.54) is 7.11 Å². The standard InChI is InChI=1S/C21H27Br2NO4/c1-13(15-6-8-21(9-7-15)27-10-11-28-21)24-14(2)19(20(25)26-3)17-12-16(22)4-5-18(17)23/h4-5,12-13,15,19H,6-11H2,1-3H3/t13-,19?/m1/s1. The predicted molar refractivity (Wildman–Crippen MR) is 116 cm³/mol. The monoisotopic (exact) mass is 515 g/mol. The molecule has 5 nitrogen and oxygen atoms in total. The van der Waals surface area contributed by atoms with Gasteiger partial charge in [0, 0.05) is 33.5 Å². The molecule has 1 aliphatic carbocycles. The zero-order chi connectivity index (χ0) is 20.3.